The number of carbonyl (C=O) groups is 1. The van der Waals surface area contributed by atoms with Gasteiger partial charge in [0.15, 0.2) is 11.0 Å². The minimum Gasteiger partial charge on any atom is -0.343 e. The number of hydrogen-bond acceptors (Lipinski definition) is 3. The molecule has 0 saturated heterocycles. The number of halogens is 2. The molecule has 2 heterocycles. The minimum absolute atomic E-state index is 0.166. The molecule has 18 heavy (non-hydrogen) atoms. The topological polar surface area (TPSA) is 59.8 Å². The summed E-state index contributed by atoms with van der Waals surface area (Å²) in [4.78, 5) is 19.9. The van der Waals surface area contributed by atoms with Crippen molar-refractivity contribution in [3.63, 3.8) is 0 Å². The number of carbonyl (C=O) groups excluding carboxylic acids is 1. The van der Waals surface area contributed by atoms with Crippen molar-refractivity contribution in [2.24, 2.45) is 0 Å². The monoisotopic (exact) mass is 328 g/mol. The zero-order valence-corrected chi connectivity index (χ0v) is 11.9. The zero-order valence-electron chi connectivity index (χ0n) is 9.52. The third kappa shape index (κ3) is 2.70. The van der Waals surface area contributed by atoms with Crippen LogP contribution in [0.2, 0.25) is 5.15 Å². The van der Waals surface area contributed by atoms with Crippen LogP contribution in [0.5, 0.6) is 0 Å². The number of aromatic nitrogens is 3. The largest absolute Gasteiger partial charge is 0.343 e. The van der Waals surface area contributed by atoms with E-state index in [-0.39, 0.29) is 16.9 Å². The van der Waals surface area contributed by atoms with Crippen molar-refractivity contribution in [2.75, 3.05) is 5.32 Å². The lowest BCUT2D eigenvalue weighted by Gasteiger charge is -2.07. The first-order valence-corrected chi connectivity index (χ1v) is 6.42. The van der Waals surface area contributed by atoms with E-state index < -0.39 is 0 Å². The molecule has 0 unspecified atom stereocenters. The van der Waals surface area contributed by atoms with Gasteiger partial charge in [0.1, 0.15) is 5.69 Å². The van der Waals surface area contributed by atoms with Gasteiger partial charge in [0.25, 0.3) is 5.91 Å². The third-order valence-corrected chi connectivity index (χ3v) is 3.03. The first-order valence-electron chi connectivity index (χ1n) is 5.25. The summed E-state index contributed by atoms with van der Waals surface area (Å²) in [7, 11) is 0. The van der Waals surface area contributed by atoms with Gasteiger partial charge in [0, 0.05) is 29.6 Å². The van der Waals surface area contributed by atoms with Crippen LogP contribution in [0.1, 0.15) is 17.4 Å². The van der Waals surface area contributed by atoms with Gasteiger partial charge in [-0.15, -0.1) is 0 Å². The quantitative estimate of drug-likeness (QED) is 0.942. The third-order valence-electron chi connectivity index (χ3n) is 2.32. The summed E-state index contributed by atoms with van der Waals surface area (Å²) in [6.45, 7) is 2.65. The van der Waals surface area contributed by atoms with E-state index in [4.69, 9.17) is 11.6 Å². The van der Waals surface area contributed by atoms with Crippen molar-refractivity contribution in [3.05, 3.63) is 40.0 Å². The van der Waals surface area contributed by atoms with Crippen LogP contribution in [0, 0.1) is 0 Å². The molecule has 1 N–H and O–H groups in total. The summed E-state index contributed by atoms with van der Waals surface area (Å²) >= 11 is 9.17. The van der Waals surface area contributed by atoms with Crippen LogP contribution in [0.25, 0.3) is 0 Å². The molecule has 5 nitrogen and oxygen atoms in total. The second-order valence-electron chi connectivity index (χ2n) is 3.48. The predicted molar refractivity (Wildman–Crippen MR) is 72.8 cm³/mol. The molecule has 0 radical (unpaired) electrons. The molecule has 0 aromatic carbocycles. The van der Waals surface area contributed by atoms with E-state index in [1.807, 2.05) is 17.7 Å². The Morgan fingerprint density at radius 1 is 1.50 bits per heavy atom. The lowest BCUT2D eigenvalue weighted by molar-refractivity contribution is 0.101. The van der Waals surface area contributed by atoms with Crippen LogP contribution in [0.3, 0.4) is 0 Å². The molecule has 2 aromatic heterocycles. The molecule has 7 heteroatoms. The maximum Gasteiger partial charge on any atom is 0.273 e. The molecule has 0 saturated carbocycles. The Kier molecular flexibility index (Phi) is 3.98. The summed E-state index contributed by atoms with van der Waals surface area (Å²) in [6, 6.07) is 1.74. The van der Waals surface area contributed by atoms with E-state index in [0.717, 1.165) is 4.47 Å². The molecule has 0 aliphatic heterocycles. The summed E-state index contributed by atoms with van der Waals surface area (Å²) in [5, 5.41) is 2.79. The predicted octanol–water partition coefficient (Wildman–Crippen LogP) is 2.97. The maximum atomic E-state index is 12.1. The molecule has 0 fully saturated rings. The van der Waals surface area contributed by atoms with E-state index in [2.05, 4.69) is 31.2 Å². The van der Waals surface area contributed by atoms with Crippen LogP contribution in [-0.2, 0) is 6.54 Å². The Bertz CT molecular complexity index is 584. The molecule has 0 aliphatic rings. The van der Waals surface area contributed by atoms with Gasteiger partial charge in [-0.1, -0.05) is 11.6 Å². The van der Waals surface area contributed by atoms with Gasteiger partial charge >= 0.3 is 0 Å². The van der Waals surface area contributed by atoms with Gasteiger partial charge in [0.2, 0.25) is 0 Å². The van der Waals surface area contributed by atoms with E-state index in [1.165, 1.54) is 12.4 Å². The van der Waals surface area contributed by atoms with Crippen molar-refractivity contribution < 1.29 is 4.79 Å². The average molecular weight is 330 g/mol. The Morgan fingerprint density at radius 2 is 2.22 bits per heavy atom. The number of hydrogen-bond donors (Lipinski definition) is 1. The second kappa shape index (κ2) is 5.49. The van der Waals surface area contributed by atoms with Crippen molar-refractivity contribution in [1.82, 2.24) is 14.5 Å². The molecule has 94 valence electrons. The van der Waals surface area contributed by atoms with Crippen LogP contribution in [0.4, 0.5) is 5.82 Å². The fourth-order valence-corrected chi connectivity index (χ4v) is 2.12. The number of anilines is 1. The highest BCUT2D eigenvalue weighted by atomic mass is 79.9. The highest BCUT2D eigenvalue weighted by Gasteiger charge is 2.14. The van der Waals surface area contributed by atoms with Crippen LogP contribution in [-0.4, -0.2) is 20.4 Å². The van der Waals surface area contributed by atoms with Gasteiger partial charge in [-0.3, -0.25) is 4.79 Å². The molecule has 1 amide bonds. The standard InChI is InChI=1S/C11H10BrClN4O/c1-2-17-6-7(12)5-8(17)11(18)16-10-9(13)14-3-4-15-10/h3-6H,2H2,1H3,(H,15,16,18). The Labute approximate surface area is 117 Å². The van der Waals surface area contributed by atoms with Gasteiger partial charge in [-0.2, -0.15) is 0 Å². The van der Waals surface area contributed by atoms with Crippen LogP contribution < -0.4 is 5.32 Å². The lowest BCUT2D eigenvalue weighted by atomic mass is 10.4. The molecular formula is C11H10BrClN4O. The van der Waals surface area contributed by atoms with E-state index in [0.29, 0.717) is 12.2 Å². The fourth-order valence-electron chi connectivity index (χ4n) is 1.50. The van der Waals surface area contributed by atoms with E-state index in [9.17, 15) is 4.79 Å². The maximum absolute atomic E-state index is 12.1. The first-order chi connectivity index (χ1) is 8.61. The summed E-state index contributed by atoms with van der Waals surface area (Å²) in [5.41, 5.74) is 0.533. The number of aryl methyl sites for hydroxylation is 1. The number of rotatable bonds is 3. The zero-order chi connectivity index (χ0) is 13.1. The van der Waals surface area contributed by atoms with Gasteiger partial charge in [0.05, 0.1) is 0 Å². The fraction of sp³-hybridized carbons (Fsp3) is 0.182. The minimum atomic E-state index is -0.273. The molecule has 0 bridgehead atoms. The van der Waals surface area contributed by atoms with Crippen molar-refractivity contribution in [2.45, 2.75) is 13.5 Å². The normalized spacial score (nSPS) is 10.4. The molecule has 0 atom stereocenters. The van der Waals surface area contributed by atoms with Crippen molar-refractivity contribution >= 4 is 39.3 Å². The van der Waals surface area contributed by atoms with E-state index >= 15 is 0 Å². The molecule has 2 rings (SSSR count). The molecule has 2 aromatic rings. The number of amides is 1. The summed E-state index contributed by atoms with van der Waals surface area (Å²) in [6.07, 6.45) is 4.77. The second-order valence-corrected chi connectivity index (χ2v) is 4.75. The van der Waals surface area contributed by atoms with Crippen molar-refractivity contribution in [3.8, 4) is 0 Å². The lowest BCUT2D eigenvalue weighted by Crippen LogP contribution is -2.17. The molecule has 0 aliphatic carbocycles. The van der Waals surface area contributed by atoms with Gasteiger partial charge in [-0.25, -0.2) is 9.97 Å². The van der Waals surface area contributed by atoms with Gasteiger partial charge in [-0.05, 0) is 28.9 Å². The highest BCUT2D eigenvalue weighted by molar-refractivity contribution is 9.10. The smallest absolute Gasteiger partial charge is 0.273 e. The Balaban J connectivity index is 2.25. The SMILES string of the molecule is CCn1cc(Br)cc1C(=O)Nc1nccnc1Cl. The molecule has 0 spiro atoms. The Hall–Kier alpha value is -1.40. The Morgan fingerprint density at radius 3 is 2.89 bits per heavy atom. The molecular weight excluding hydrogens is 320 g/mol. The van der Waals surface area contributed by atoms with Crippen LogP contribution >= 0.6 is 27.5 Å². The van der Waals surface area contributed by atoms with Crippen molar-refractivity contribution in [1.29, 1.82) is 0 Å². The van der Waals surface area contributed by atoms with E-state index in [1.54, 1.807) is 6.07 Å². The average Bonchev–Trinajstić information content (AvgIpc) is 2.73. The first kappa shape index (κ1) is 13.0. The summed E-state index contributed by atoms with van der Waals surface area (Å²) < 4.78 is 2.67. The van der Waals surface area contributed by atoms with Gasteiger partial charge < -0.3 is 9.88 Å². The van der Waals surface area contributed by atoms with Crippen LogP contribution in [0.15, 0.2) is 29.1 Å². The summed E-state index contributed by atoms with van der Waals surface area (Å²) in [5.74, 6) is -0.0194. The number of nitrogens with zero attached hydrogens (tertiary/aromatic N) is 3. The highest BCUT2D eigenvalue weighted by Crippen LogP contribution is 2.18. The number of nitrogens with one attached hydrogen (secondary N) is 1.